The van der Waals surface area contributed by atoms with E-state index >= 15 is 0 Å². The molecule has 2 fully saturated rings. The number of benzene rings is 2. The summed E-state index contributed by atoms with van der Waals surface area (Å²) in [5.74, 6) is 1.61. The zero-order chi connectivity index (χ0) is 22.1. The monoisotopic (exact) mass is 471 g/mol. The number of aromatic nitrogens is 1. The molecule has 2 bridgehead atoms. The largest absolute Gasteiger partial charge is 0.492 e. The third-order valence-corrected chi connectivity index (χ3v) is 7.70. The third-order valence-electron chi connectivity index (χ3n) is 6.29. The summed E-state index contributed by atoms with van der Waals surface area (Å²) in [6.45, 7) is 3.16. The smallest absolute Gasteiger partial charge is 0.279 e. The molecule has 3 aromatic rings. The number of carbonyl (C=O) groups is 1. The Hall–Kier alpha value is -2.35. The summed E-state index contributed by atoms with van der Waals surface area (Å²) < 4.78 is 12.8. The molecule has 32 heavy (non-hydrogen) atoms. The van der Waals surface area contributed by atoms with E-state index < -0.39 is 0 Å². The summed E-state index contributed by atoms with van der Waals surface area (Å²) in [7, 11) is 0. The maximum atomic E-state index is 11.4. The van der Waals surface area contributed by atoms with Crippen LogP contribution in [0.3, 0.4) is 0 Å². The highest BCUT2D eigenvalue weighted by Crippen LogP contribution is 2.36. The summed E-state index contributed by atoms with van der Waals surface area (Å²) in [6.07, 6.45) is 4.51. The Morgan fingerprint density at radius 3 is 2.56 bits per heavy atom. The molecule has 2 saturated heterocycles. The van der Waals surface area contributed by atoms with Gasteiger partial charge in [-0.3, -0.25) is 9.69 Å². The van der Waals surface area contributed by atoms with E-state index in [0.717, 1.165) is 35.4 Å². The van der Waals surface area contributed by atoms with E-state index in [-0.39, 0.29) is 5.91 Å². The fourth-order valence-electron chi connectivity index (χ4n) is 4.96. The van der Waals surface area contributed by atoms with Crippen LogP contribution in [-0.2, 0) is 4.79 Å². The van der Waals surface area contributed by atoms with Crippen LogP contribution >= 0.6 is 22.9 Å². The van der Waals surface area contributed by atoms with Gasteiger partial charge in [0.05, 0.1) is 15.2 Å². The van der Waals surface area contributed by atoms with Gasteiger partial charge in [0.25, 0.3) is 5.19 Å². The van der Waals surface area contributed by atoms with Crippen LogP contribution in [-0.4, -0.2) is 47.1 Å². The predicted octanol–water partition coefficient (Wildman–Crippen LogP) is 5.25. The zero-order valence-corrected chi connectivity index (χ0v) is 19.5. The van der Waals surface area contributed by atoms with Gasteiger partial charge >= 0.3 is 0 Å². The quantitative estimate of drug-likeness (QED) is 0.509. The van der Waals surface area contributed by atoms with Crippen molar-refractivity contribution in [1.82, 2.24) is 15.2 Å². The lowest BCUT2D eigenvalue weighted by Gasteiger charge is -2.39. The Kier molecular flexibility index (Phi) is 6.22. The molecule has 0 saturated carbocycles. The lowest BCUT2D eigenvalue weighted by Crippen LogP contribution is -2.51. The molecule has 0 spiro atoms. The Bertz CT molecular complexity index is 1090. The van der Waals surface area contributed by atoms with Gasteiger partial charge in [-0.05, 0) is 62.1 Å². The highest BCUT2D eigenvalue weighted by atomic mass is 35.5. The van der Waals surface area contributed by atoms with E-state index in [1.807, 2.05) is 42.5 Å². The third kappa shape index (κ3) is 4.70. The van der Waals surface area contributed by atoms with E-state index in [2.05, 4.69) is 15.2 Å². The van der Waals surface area contributed by atoms with Crippen molar-refractivity contribution in [2.24, 2.45) is 0 Å². The minimum atomic E-state index is 0.0746. The van der Waals surface area contributed by atoms with Gasteiger partial charge in [0, 0.05) is 31.6 Å². The van der Waals surface area contributed by atoms with Gasteiger partial charge < -0.3 is 14.8 Å². The number of piperidine rings is 1. The van der Waals surface area contributed by atoms with E-state index in [1.165, 1.54) is 24.2 Å². The molecule has 8 heteroatoms. The molecule has 2 aromatic carbocycles. The predicted molar refractivity (Wildman–Crippen MR) is 127 cm³/mol. The molecule has 0 radical (unpaired) electrons. The van der Waals surface area contributed by atoms with Crippen molar-refractivity contribution in [2.45, 2.75) is 50.7 Å². The summed E-state index contributed by atoms with van der Waals surface area (Å²) in [6, 6.07) is 14.7. The zero-order valence-electron chi connectivity index (χ0n) is 17.9. The first-order valence-corrected chi connectivity index (χ1v) is 12.2. The van der Waals surface area contributed by atoms with Crippen LogP contribution in [0.4, 0.5) is 0 Å². The fourth-order valence-corrected chi connectivity index (χ4v) is 6.08. The number of nitrogens with one attached hydrogen (secondary N) is 1. The van der Waals surface area contributed by atoms with Gasteiger partial charge in [-0.1, -0.05) is 29.0 Å². The van der Waals surface area contributed by atoms with Gasteiger partial charge in [-0.15, -0.1) is 0 Å². The molecular weight excluding hydrogens is 446 g/mol. The number of fused-ring (bicyclic) bond motifs is 3. The molecule has 3 heterocycles. The van der Waals surface area contributed by atoms with E-state index in [1.54, 1.807) is 6.92 Å². The van der Waals surface area contributed by atoms with Crippen LogP contribution in [0.1, 0.15) is 32.6 Å². The minimum Gasteiger partial charge on any atom is -0.492 e. The number of carbonyl (C=O) groups excluding carboxylic acids is 1. The van der Waals surface area contributed by atoms with Crippen molar-refractivity contribution in [3.8, 4) is 16.7 Å². The number of ether oxygens (including phenoxy) is 2. The molecule has 3 atom stereocenters. The summed E-state index contributed by atoms with van der Waals surface area (Å²) in [4.78, 5) is 18.4. The average Bonchev–Trinajstić information content (AvgIpc) is 3.27. The minimum absolute atomic E-state index is 0.0746. The average molecular weight is 472 g/mol. The molecule has 1 amide bonds. The topological polar surface area (TPSA) is 63.7 Å². The number of nitrogens with zero attached hydrogens (tertiary/aromatic N) is 2. The van der Waals surface area contributed by atoms with Gasteiger partial charge in [-0.25, -0.2) is 4.98 Å². The van der Waals surface area contributed by atoms with E-state index in [9.17, 15) is 4.79 Å². The number of thiazole rings is 1. The van der Waals surface area contributed by atoms with Crippen LogP contribution in [0.5, 0.6) is 16.7 Å². The van der Waals surface area contributed by atoms with Crippen molar-refractivity contribution in [3.63, 3.8) is 0 Å². The lowest BCUT2D eigenvalue weighted by atomic mass is 9.97. The first kappa shape index (κ1) is 21.5. The van der Waals surface area contributed by atoms with Crippen LogP contribution in [0.15, 0.2) is 42.5 Å². The summed E-state index contributed by atoms with van der Waals surface area (Å²) in [5, 5.41) is 4.35. The first-order valence-electron chi connectivity index (χ1n) is 11.0. The second-order valence-electron chi connectivity index (χ2n) is 8.48. The highest BCUT2D eigenvalue weighted by molar-refractivity contribution is 7.20. The van der Waals surface area contributed by atoms with Crippen molar-refractivity contribution in [2.75, 3.05) is 13.2 Å². The molecule has 2 aliphatic heterocycles. The van der Waals surface area contributed by atoms with Crippen LogP contribution in [0.25, 0.3) is 10.2 Å². The number of hydrogen-bond donors (Lipinski definition) is 1. The van der Waals surface area contributed by atoms with Crippen LogP contribution in [0.2, 0.25) is 5.02 Å². The summed E-state index contributed by atoms with van der Waals surface area (Å²) in [5.41, 5.74) is 0.840. The van der Waals surface area contributed by atoms with Gasteiger partial charge in [0.15, 0.2) is 0 Å². The second kappa shape index (κ2) is 9.25. The van der Waals surface area contributed by atoms with Gasteiger partial charge in [-0.2, -0.15) is 0 Å². The van der Waals surface area contributed by atoms with Crippen molar-refractivity contribution in [3.05, 3.63) is 47.5 Å². The highest BCUT2D eigenvalue weighted by Gasteiger charge is 2.40. The Morgan fingerprint density at radius 2 is 1.88 bits per heavy atom. The van der Waals surface area contributed by atoms with E-state index in [4.69, 9.17) is 21.1 Å². The SMILES string of the molecule is CC(=O)N[C@@H]1C[C@H]2CC[C@@H](C1)N2CCOc1ccc(Oc2nc3cccc(Cl)c3s2)cc1. The summed E-state index contributed by atoms with van der Waals surface area (Å²) >= 11 is 7.66. The lowest BCUT2D eigenvalue weighted by molar-refractivity contribution is -0.120. The molecular formula is C24H26ClN3O3S. The molecule has 6 nitrogen and oxygen atoms in total. The molecule has 5 rings (SSSR count). The number of hydrogen-bond acceptors (Lipinski definition) is 6. The first-order chi connectivity index (χ1) is 15.5. The molecule has 2 aliphatic rings. The Labute approximate surface area is 196 Å². The van der Waals surface area contributed by atoms with Crippen molar-refractivity contribution >= 4 is 39.1 Å². The molecule has 168 valence electrons. The Balaban J connectivity index is 1.12. The number of halogens is 1. The Morgan fingerprint density at radius 1 is 1.16 bits per heavy atom. The van der Waals surface area contributed by atoms with E-state index in [0.29, 0.717) is 40.7 Å². The van der Waals surface area contributed by atoms with Gasteiger partial charge in [0.2, 0.25) is 5.91 Å². The van der Waals surface area contributed by atoms with Crippen LogP contribution < -0.4 is 14.8 Å². The maximum absolute atomic E-state index is 11.4. The number of rotatable bonds is 7. The number of amides is 1. The van der Waals surface area contributed by atoms with Gasteiger partial charge in [0.1, 0.15) is 18.1 Å². The maximum Gasteiger partial charge on any atom is 0.279 e. The fraction of sp³-hybridized carbons (Fsp3) is 0.417. The molecule has 1 aromatic heterocycles. The molecule has 1 N–H and O–H groups in total. The van der Waals surface area contributed by atoms with Crippen molar-refractivity contribution in [1.29, 1.82) is 0 Å². The standard InChI is InChI=1S/C24H26ClN3O3S/c1-15(29)26-16-13-17-5-6-18(14-16)28(17)11-12-30-19-7-9-20(10-8-19)31-24-27-22-4-2-3-21(25)23(22)32-24/h2-4,7-10,16-18H,5-6,11-14H2,1H3,(H,26,29)/t16-,17-,18+. The molecule has 0 unspecified atom stereocenters. The normalized spacial score (nSPS) is 22.8. The van der Waals surface area contributed by atoms with Crippen molar-refractivity contribution < 1.29 is 14.3 Å². The second-order valence-corrected chi connectivity index (χ2v) is 9.85. The molecule has 0 aliphatic carbocycles. The van der Waals surface area contributed by atoms with Crippen LogP contribution in [0, 0.1) is 0 Å².